The molecule has 1 saturated heterocycles. The third-order valence-electron chi connectivity index (χ3n) is 7.65. The maximum Gasteiger partial charge on any atom is 0.415 e. The SMILES string of the molecule is CCN(CC)C(=O)Oc1c(-c2ccc(N3CCCCC3=O)cc2)nn(C)c1-c1nc2cc3c(cc2[nH]1)CNC3. The zero-order valence-corrected chi connectivity index (χ0v) is 22.6. The molecular weight excluding hydrogens is 494 g/mol. The first-order chi connectivity index (χ1) is 19.0. The standard InChI is InChI=1S/C29H33N7O3/c1-4-35(5-2)29(38)39-27-25(18-9-11-21(12-10-18)36-13-7-6-8-24(36)37)33-34(3)26(27)28-31-22-14-19-16-30-17-20(19)15-23(22)32-28/h9-12,14-15,30H,4-8,13,16-17H2,1-3H3,(H,31,32). The van der Waals surface area contributed by atoms with Crippen molar-refractivity contribution in [2.75, 3.05) is 24.5 Å². The summed E-state index contributed by atoms with van der Waals surface area (Å²) >= 11 is 0. The number of aromatic nitrogens is 4. The topological polar surface area (TPSA) is 108 Å². The van der Waals surface area contributed by atoms with Gasteiger partial charge in [-0.15, -0.1) is 0 Å². The first-order valence-corrected chi connectivity index (χ1v) is 13.6. The van der Waals surface area contributed by atoms with Crippen molar-refractivity contribution in [2.24, 2.45) is 7.05 Å². The summed E-state index contributed by atoms with van der Waals surface area (Å²) in [5, 5.41) is 8.15. The van der Waals surface area contributed by atoms with E-state index in [0.717, 1.165) is 54.8 Å². The predicted octanol–water partition coefficient (Wildman–Crippen LogP) is 4.59. The maximum atomic E-state index is 13.1. The summed E-state index contributed by atoms with van der Waals surface area (Å²) < 4.78 is 7.76. The average Bonchev–Trinajstić information content (AvgIpc) is 3.64. The molecular formula is C29H33N7O3. The van der Waals surface area contributed by atoms with Gasteiger partial charge in [-0.05, 0) is 62.1 Å². The van der Waals surface area contributed by atoms with Gasteiger partial charge in [0.15, 0.2) is 11.6 Å². The molecule has 0 radical (unpaired) electrons. The summed E-state index contributed by atoms with van der Waals surface area (Å²) in [5.74, 6) is 1.08. The minimum atomic E-state index is -0.438. The van der Waals surface area contributed by atoms with Crippen molar-refractivity contribution in [3.05, 3.63) is 47.5 Å². The van der Waals surface area contributed by atoms with Crippen LogP contribution < -0.4 is 15.0 Å². The molecule has 39 heavy (non-hydrogen) atoms. The van der Waals surface area contributed by atoms with Gasteiger partial charge in [0.05, 0.1) is 11.0 Å². The quantitative estimate of drug-likeness (QED) is 0.380. The van der Waals surface area contributed by atoms with Gasteiger partial charge in [-0.25, -0.2) is 9.78 Å². The number of hydrogen-bond acceptors (Lipinski definition) is 6. The molecule has 2 aromatic heterocycles. The van der Waals surface area contributed by atoms with Crippen LogP contribution in [-0.2, 0) is 24.9 Å². The monoisotopic (exact) mass is 527 g/mol. The number of anilines is 1. The number of carbonyl (C=O) groups excluding carboxylic acids is 2. The van der Waals surface area contributed by atoms with Crippen LogP contribution in [0.1, 0.15) is 44.2 Å². The lowest BCUT2D eigenvalue weighted by atomic mass is 10.1. The number of aromatic amines is 1. The van der Waals surface area contributed by atoms with Crippen LogP contribution in [0, 0.1) is 0 Å². The van der Waals surface area contributed by atoms with Gasteiger partial charge in [-0.1, -0.05) is 12.1 Å². The first-order valence-electron chi connectivity index (χ1n) is 13.6. The highest BCUT2D eigenvalue weighted by atomic mass is 16.6. The number of H-pyrrole nitrogens is 1. The van der Waals surface area contributed by atoms with E-state index in [9.17, 15) is 9.59 Å². The highest BCUT2D eigenvalue weighted by Gasteiger charge is 2.28. The third-order valence-corrected chi connectivity index (χ3v) is 7.65. The molecule has 10 nitrogen and oxygen atoms in total. The smallest absolute Gasteiger partial charge is 0.405 e. The van der Waals surface area contributed by atoms with Gasteiger partial charge in [-0.2, -0.15) is 5.10 Å². The highest BCUT2D eigenvalue weighted by Crippen LogP contribution is 2.39. The molecule has 10 heteroatoms. The highest BCUT2D eigenvalue weighted by molar-refractivity contribution is 5.94. The lowest BCUT2D eigenvalue weighted by Crippen LogP contribution is -2.35. The van der Waals surface area contributed by atoms with Gasteiger partial charge in [0.2, 0.25) is 5.91 Å². The minimum absolute atomic E-state index is 0.148. The fourth-order valence-corrected chi connectivity index (χ4v) is 5.48. The number of nitrogens with one attached hydrogen (secondary N) is 2. The number of benzene rings is 2. The molecule has 6 rings (SSSR count). The van der Waals surface area contributed by atoms with Gasteiger partial charge in [0, 0.05) is 57.4 Å². The van der Waals surface area contributed by atoms with Gasteiger partial charge in [0.1, 0.15) is 11.4 Å². The lowest BCUT2D eigenvalue weighted by Gasteiger charge is -2.26. The van der Waals surface area contributed by atoms with Crippen LogP contribution >= 0.6 is 0 Å². The molecule has 0 unspecified atom stereocenters. The molecule has 1 fully saturated rings. The second-order valence-electron chi connectivity index (χ2n) is 10.1. The molecule has 2 aromatic carbocycles. The summed E-state index contributed by atoms with van der Waals surface area (Å²) in [7, 11) is 1.82. The van der Waals surface area contributed by atoms with Crippen LogP contribution in [0.25, 0.3) is 33.8 Å². The molecule has 4 heterocycles. The second-order valence-corrected chi connectivity index (χ2v) is 10.1. The van der Waals surface area contributed by atoms with E-state index in [1.807, 2.05) is 50.1 Å². The van der Waals surface area contributed by atoms with Crippen molar-refractivity contribution in [3.63, 3.8) is 0 Å². The van der Waals surface area contributed by atoms with Crippen molar-refractivity contribution < 1.29 is 14.3 Å². The number of rotatable bonds is 6. The van der Waals surface area contributed by atoms with Crippen LogP contribution in [0.5, 0.6) is 5.75 Å². The number of ether oxygens (including phenoxy) is 1. The fraction of sp³-hybridized carbons (Fsp3) is 0.379. The number of fused-ring (bicyclic) bond motifs is 2. The number of imidazole rings is 1. The van der Waals surface area contributed by atoms with Gasteiger partial charge >= 0.3 is 6.09 Å². The lowest BCUT2D eigenvalue weighted by molar-refractivity contribution is -0.119. The summed E-state index contributed by atoms with van der Waals surface area (Å²) in [5.41, 5.74) is 7.05. The Hall–Kier alpha value is -4.18. The van der Waals surface area contributed by atoms with Crippen LogP contribution in [-0.4, -0.2) is 56.3 Å². The normalized spacial score (nSPS) is 15.2. The largest absolute Gasteiger partial charge is 0.415 e. The van der Waals surface area contributed by atoms with E-state index in [4.69, 9.17) is 14.8 Å². The Labute approximate surface area is 227 Å². The summed E-state index contributed by atoms with van der Waals surface area (Å²) in [4.78, 5) is 37.3. The zero-order valence-electron chi connectivity index (χ0n) is 22.6. The minimum Gasteiger partial charge on any atom is -0.405 e. The number of hydrogen-bond donors (Lipinski definition) is 2. The van der Waals surface area contributed by atoms with Crippen molar-refractivity contribution in [1.29, 1.82) is 0 Å². The number of piperidine rings is 1. The summed E-state index contributed by atoms with van der Waals surface area (Å²) in [6.45, 7) is 7.29. The zero-order chi connectivity index (χ0) is 27.1. The van der Waals surface area contributed by atoms with Crippen molar-refractivity contribution in [1.82, 2.24) is 30.0 Å². The van der Waals surface area contributed by atoms with E-state index in [-0.39, 0.29) is 5.91 Å². The van der Waals surface area contributed by atoms with Crippen LogP contribution in [0.15, 0.2) is 36.4 Å². The number of amides is 2. The summed E-state index contributed by atoms with van der Waals surface area (Å²) in [6, 6.07) is 11.9. The first kappa shape index (κ1) is 25.1. The molecule has 2 amide bonds. The Morgan fingerprint density at radius 2 is 1.82 bits per heavy atom. The Morgan fingerprint density at radius 3 is 2.54 bits per heavy atom. The summed E-state index contributed by atoms with van der Waals surface area (Å²) in [6.07, 6.45) is 2.08. The molecule has 2 aliphatic heterocycles. The molecule has 0 bridgehead atoms. The van der Waals surface area contributed by atoms with E-state index in [1.165, 1.54) is 11.1 Å². The Bertz CT molecular complexity index is 1510. The molecule has 0 aliphatic carbocycles. The Morgan fingerprint density at radius 1 is 1.08 bits per heavy atom. The molecule has 0 spiro atoms. The number of carbonyl (C=O) groups is 2. The second kappa shape index (κ2) is 10.2. The van der Waals surface area contributed by atoms with Gasteiger partial charge in [-0.3, -0.25) is 9.48 Å². The average molecular weight is 528 g/mol. The van der Waals surface area contributed by atoms with E-state index in [2.05, 4.69) is 22.4 Å². The molecule has 4 aromatic rings. The molecule has 2 N–H and O–H groups in total. The van der Waals surface area contributed by atoms with Crippen molar-refractivity contribution in [3.8, 4) is 28.5 Å². The Balaban J connectivity index is 1.43. The molecule has 0 saturated carbocycles. The Kier molecular flexibility index (Phi) is 6.56. The van der Waals surface area contributed by atoms with Crippen molar-refractivity contribution in [2.45, 2.75) is 46.2 Å². The van der Waals surface area contributed by atoms with Crippen molar-refractivity contribution >= 4 is 28.7 Å². The van der Waals surface area contributed by atoms with E-state index < -0.39 is 6.09 Å². The number of nitrogens with zero attached hydrogens (tertiary/aromatic N) is 5. The van der Waals surface area contributed by atoms with E-state index >= 15 is 0 Å². The maximum absolute atomic E-state index is 13.1. The number of aryl methyl sites for hydroxylation is 1. The third kappa shape index (κ3) is 4.54. The predicted molar refractivity (Wildman–Crippen MR) is 149 cm³/mol. The molecule has 0 atom stereocenters. The van der Waals surface area contributed by atoms with Crippen LogP contribution in [0.4, 0.5) is 10.5 Å². The van der Waals surface area contributed by atoms with Gasteiger partial charge in [0.25, 0.3) is 0 Å². The van der Waals surface area contributed by atoms with Crippen LogP contribution in [0.3, 0.4) is 0 Å². The van der Waals surface area contributed by atoms with E-state index in [0.29, 0.717) is 42.5 Å². The molecule has 202 valence electrons. The molecule has 2 aliphatic rings. The fourth-order valence-electron chi connectivity index (χ4n) is 5.48. The van der Waals surface area contributed by atoms with Gasteiger partial charge < -0.3 is 24.8 Å². The van der Waals surface area contributed by atoms with Crippen LogP contribution in [0.2, 0.25) is 0 Å². The van der Waals surface area contributed by atoms with E-state index in [1.54, 1.807) is 9.58 Å².